The number of hydrogen-bond acceptors (Lipinski definition) is 6. The van der Waals surface area contributed by atoms with Crippen molar-refractivity contribution >= 4 is 23.2 Å². The van der Waals surface area contributed by atoms with Gasteiger partial charge in [-0.3, -0.25) is 9.69 Å². The van der Waals surface area contributed by atoms with Gasteiger partial charge in [-0.05, 0) is 49.9 Å². The fraction of sp³-hybridized carbons (Fsp3) is 0.526. The van der Waals surface area contributed by atoms with E-state index >= 15 is 0 Å². The number of aromatic nitrogens is 2. The predicted octanol–water partition coefficient (Wildman–Crippen LogP) is 3.67. The molecule has 0 saturated carbocycles. The fourth-order valence-electron chi connectivity index (χ4n) is 3.45. The van der Waals surface area contributed by atoms with E-state index in [4.69, 9.17) is 20.8 Å². The van der Waals surface area contributed by atoms with E-state index in [-0.39, 0.29) is 5.91 Å². The maximum Gasteiger partial charge on any atom is 0.230 e. The zero-order chi connectivity index (χ0) is 19.2. The minimum atomic E-state index is -0.0276. The number of halogens is 1. The van der Waals surface area contributed by atoms with Crippen LogP contribution in [-0.4, -0.2) is 41.2 Å². The first kappa shape index (κ1) is 19.6. The van der Waals surface area contributed by atoms with Gasteiger partial charge in [0.2, 0.25) is 17.7 Å². The monoisotopic (exact) mass is 392 g/mol. The number of benzene rings is 1. The molecule has 3 rings (SSSR count). The van der Waals surface area contributed by atoms with Crippen molar-refractivity contribution in [1.29, 1.82) is 0 Å². The molecule has 1 aromatic heterocycles. The molecule has 0 radical (unpaired) electrons. The third-order valence-electron chi connectivity index (χ3n) is 4.75. The second kappa shape index (κ2) is 9.19. The third-order valence-corrected chi connectivity index (χ3v) is 4.98. The van der Waals surface area contributed by atoms with Gasteiger partial charge >= 0.3 is 0 Å². The minimum absolute atomic E-state index is 0.0276. The van der Waals surface area contributed by atoms with Crippen molar-refractivity contribution in [2.45, 2.75) is 39.2 Å². The molecule has 0 unspecified atom stereocenters. The number of nitrogens with zero attached hydrogens (tertiary/aromatic N) is 3. The summed E-state index contributed by atoms with van der Waals surface area (Å²) in [5.74, 6) is 2.30. The second-order valence-corrected chi connectivity index (χ2v) is 7.33. The van der Waals surface area contributed by atoms with Gasteiger partial charge in [-0.15, -0.1) is 10.2 Å². The summed E-state index contributed by atoms with van der Waals surface area (Å²) in [6.45, 7) is 4.42. The lowest BCUT2D eigenvalue weighted by Gasteiger charge is -2.31. The van der Waals surface area contributed by atoms with Crippen molar-refractivity contribution < 1.29 is 13.9 Å². The Labute approximate surface area is 164 Å². The number of aryl methyl sites for hydroxylation is 1. The van der Waals surface area contributed by atoms with Crippen molar-refractivity contribution in [3.63, 3.8) is 0 Å². The molecule has 8 heteroatoms. The summed E-state index contributed by atoms with van der Waals surface area (Å²) >= 11 is 6.01. The van der Waals surface area contributed by atoms with E-state index in [1.54, 1.807) is 32.2 Å². The molecule has 2 aromatic rings. The van der Waals surface area contributed by atoms with Crippen LogP contribution >= 0.6 is 11.6 Å². The van der Waals surface area contributed by atoms with Crippen LogP contribution in [0, 0.1) is 12.8 Å². The van der Waals surface area contributed by atoms with Crippen LogP contribution < -0.4 is 10.1 Å². The molecule has 1 aliphatic rings. The highest BCUT2D eigenvalue weighted by Gasteiger charge is 2.22. The maximum atomic E-state index is 12.4. The molecule has 27 heavy (non-hydrogen) atoms. The summed E-state index contributed by atoms with van der Waals surface area (Å²) in [6.07, 6.45) is 3.55. The Bertz CT molecular complexity index is 780. The summed E-state index contributed by atoms with van der Waals surface area (Å²) < 4.78 is 10.7. The molecule has 1 fully saturated rings. The lowest BCUT2D eigenvalue weighted by Crippen LogP contribution is -2.35. The van der Waals surface area contributed by atoms with Crippen molar-refractivity contribution in [3.05, 3.63) is 35.0 Å². The van der Waals surface area contributed by atoms with Gasteiger partial charge in [-0.25, -0.2) is 0 Å². The summed E-state index contributed by atoms with van der Waals surface area (Å²) in [5.41, 5.74) is 0.604. The molecule has 0 aliphatic carbocycles. The predicted molar refractivity (Wildman–Crippen MR) is 103 cm³/mol. The van der Waals surface area contributed by atoms with Gasteiger partial charge in [0.15, 0.2) is 0 Å². The van der Waals surface area contributed by atoms with E-state index in [2.05, 4.69) is 20.4 Å². The second-order valence-electron chi connectivity index (χ2n) is 6.89. The van der Waals surface area contributed by atoms with Crippen molar-refractivity contribution in [3.8, 4) is 5.75 Å². The van der Waals surface area contributed by atoms with E-state index in [0.29, 0.717) is 47.1 Å². The molecule has 1 N–H and O–H groups in total. The van der Waals surface area contributed by atoms with E-state index in [1.165, 1.54) is 0 Å². The number of anilines is 1. The minimum Gasteiger partial charge on any atom is -0.495 e. The SMILES string of the molecule is COc1ccc(Cl)cc1NC(=O)CC[C@@H]1CCCN(Cc2nnc(C)o2)C1. The smallest absolute Gasteiger partial charge is 0.230 e. The summed E-state index contributed by atoms with van der Waals surface area (Å²) in [4.78, 5) is 14.7. The van der Waals surface area contributed by atoms with Gasteiger partial charge in [0.05, 0.1) is 19.3 Å². The molecule has 1 aliphatic heterocycles. The molecule has 7 nitrogen and oxygen atoms in total. The molecule has 2 heterocycles. The first-order valence-corrected chi connectivity index (χ1v) is 9.56. The number of ether oxygens (including phenoxy) is 1. The van der Waals surface area contributed by atoms with Crippen molar-refractivity contribution in [2.75, 3.05) is 25.5 Å². The zero-order valence-corrected chi connectivity index (χ0v) is 16.5. The number of carbonyl (C=O) groups is 1. The van der Waals surface area contributed by atoms with Crippen molar-refractivity contribution in [1.82, 2.24) is 15.1 Å². The number of likely N-dealkylation sites (tertiary alicyclic amines) is 1. The van der Waals surface area contributed by atoms with Crippen LogP contribution in [0.1, 0.15) is 37.5 Å². The topological polar surface area (TPSA) is 80.5 Å². The Morgan fingerprint density at radius 2 is 2.30 bits per heavy atom. The number of piperidine rings is 1. The quantitative estimate of drug-likeness (QED) is 0.774. The van der Waals surface area contributed by atoms with Crippen LogP contribution in [0.5, 0.6) is 5.75 Å². The Hall–Kier alpha value is -2.12. The molecule has 146 valence electrons. The average Bonchev–Trinajstić information content (AvgIpc) is 3.05. The number of hydrogen-bond donors (Lipinski definition) is 1. The van der Waals surface area contributed by atoms with E-state index in [1.807, 2.05) is 0 Å². The molecular formula is C19H25ClN4O3. The summed E-state index contributed by atoms with van der Waals surface area (Å²) in [7, 11) is 1.57. The van der Waals surface area contributed by atoms with Crippen molar-refractivity contribution in [2.24, 2.45) is 5.92 Å². The standard InChI is InChI=1S/C19H25ClN4O3/c1-13-22-23-19(27-13)12-24-9-3-4-14(11-24)5-8-18(25)21-16-10-15(20)6-7-17(16)26-2/h6-7,10,14H,3-5,8-9,11-12H2,1-2H3,(H,21,25)/t14-/m0/s1. The highest BCUT2D eigenvalue weighted by Crippen LogP contribution is 2.28. The van der Waals surface area contributed by atoms with Gasteiger partial charge in [0.1, 0.15) is 5.75 Å². The number of methoxy groups -OCH3 is 1. The number of rotatable bonds is 7. The van der Waals surface area contributed by atoms with Gasteiger partial charge < -0.3 is 14.5 Å². The van der Waals surface area contributed by atoms with Gasteiger partial charge in [0, 0.05) is 24.9 Å². The molecule has 0 spiro atoms. The first-order chi connectivity index (χ1) is 13.0. The number of amides is 1. The Morgan fingerprint density at radius 3 is 3.04 bits per heavy atom. The van der Waals surface area contributed by atoms with E-state index < -0.39 is 0 Å². The van der Waals surface area contributed by atoms with Crippen LogP contribution in [0.3, 0.4) is 0 Å². The fourth-order valence-corrected chi connectivity index (χ4v) is 3.62. The number of nitrogens with one attached hydrogen (secondary N) is 1. The number of carbonyl (C=O) groups excluding carboxylic acids is 1. The van der Waals surface area contributed by atoms with Crippen LogP contribution in [-0.2, 0) is 11.3 Å². The molecule has 1 saturated heterocycles. The van der Waals surface area contributed by atoms with Gasteiger partial charge in [-0.1, -0.05) is 11.6 Å². The molecule has 0 bridgehead atoms. The Balaban J connectivity index is 1.47. The molecule has 1 amide bonds. The Morgan fingerprint density at radius 1 is 1.44 bits per heavy atom. The van der Waals surface area contributed by atoms with Gasteiger partial charge in [0.25, 0.3) is 0 Å². The van der Waals surface area contributed by atoms with Gasteiger partial charge in [-0.2, -0.15) is 0 Å². The first-order valence-electron chi connectivity index (χ1n) is 9.18. The maximum absolute atomic E-state index is 12.4. The van der Waals surface area contributed by atoms with Crippen LogP contribution in [0.4, 0.5) is 5.69 Å². The Kier molecular flexibility index (Phi) is 6.68. The van der Waals surface area contributed by atoms with E-state index in [0.717, 1.165) is 32.4 Å². The van der Waals surface area contributed by atoms with Crippen LogP contribution in [0.2, 0.25) is 5.02 Å². The lowest BCUT2D eigenvalue weighted by molar-refractivity contribution is -0.116. The van der Waals surface area contributed by atoms with Crippen LogP contribution in [0.25, 0.3) is 0 Å². The van der Waals surface area contributed by atoms with Crippen LogP contribution in [0.15, 0.2) is 22.6 Å². The molecule has 1 aromatic carbocycles. The highest BCUT2D eigenvalue weighted by molar-refractivity contribution is 6.31. The summed E-state index contributed by atoms with van der Waals surface area (Å²) in [5, 5.41) is 11.4. The lowest BCUT2D eigenvalue weighted by atomic mass is 9.93. The normalized spacial score (nSPS) is 17.7. The summed E-state index contributed by atoms with van der Waals surface area (Å²) in [6, 6.07) is 5.18. The third kappa shape index (κ3) is 5.68. The highest BCUT2D eigenvalue weighted by atomic mass is 35.5. The molecular weight excluding hydrogens is 368 g/mol. The van der Waals surface area contributed by atoms with E-state index in [9.17, 15) is 4.79 Å². The zero-order valence-electron chi connectivity index (χ0n) is 15.7. The average molecular weight is 393 g/mol. The largest absolute Gasteiger partial charge is 0.495 e. The molecule has 1 atom stereocenters.